The average Bonchev–Trinajstić information content (AvgIpc) is 2.47. The molecule has 1 aromatic rings. The van der Waals surface area contributed by atoms with E-state index < -0.39 is 6.10 Å². The molecule has 0 radical (unpaired) electrons. The molecule has 116 valence electrons. The van der Waals surface area contributed by atoms with E-state index in [-0.39, 0.29) is 18.6 Å². The lowest BCUT2D eigenvalue weighted by molar-refractivity contribution is -0.129. The quantitative estimate of drug-likeness (QED) is 0.819. The lowest BCUT2D eigenvalue weighted by Gasteiger charge is -2.35. The van der Waals surface area contributed by atoms with Crippen LogP contribution in [0.15, 0.2) is 24.3 Å². The molecule has 1 fully saturated rings. The monoisotopic (exact) mass is 292 g/mol. The number of piperazine rings is 1. The van der Waals surface area contributed by atoms with Gasteiger partial charge in [-0.3, -0.25) is 9.69 Å². The molecule has 5 nitrogen and oxygen atoms in total. The second kappa shape index (κ2) is 7.43. The summed E-state index contributed by atoms with van der Waals surface area (Å²) in [5.74, 6) is 0.843. The van der Waals surface area contributed by atoms with E-state index >= 15 is 0 Å². The number of benzene rings is 1. The van der Waals surface area contributed by atoms with Gasteiger partial charge in [0.1, 0.15) is 18.5 Å². The second-order valence-electron chi connectivity index (χ2n) is 5.44. The fourth-order valence-corrected chi connectivity index (χ4v) is 2.65. The first kappa shape index (κ1) is 15.8. The Kier molecular flexibility index (Phi) is 5.59. The Balaban J connectivity index is 1.85. The molecule has 0 aliphatic carbocycles. The molecule has 2 atom stereocenters. The lowest BCUT2D eigenvalue weighted by atomic mass is 10.1. The highest BCUT2D eigenvalue weighted by molar-refractivity contribution is 5.82. The summed E-state index contributed by atoms with van der Waals surface area (Å²) < 4.78 is 5.66. The third kappa shape index (κ3) is 4.19. The number of hydrogen-bond acceptors (Lipinski definition) is 4. The van der Waals surface area contributed by atoms with Crippen molar-refractivity contribution in [2.24, 2.45) is 0 Å². The predicted octanol–water partition coefficient (Wildman–Crippen LogP) is 0.945. The number of aryl methyl sites for hydroxylation is 1. The normalized spacial score (nSPS) is 20.9. The van der Waals surface area contributed by atoms with Crippen molar-refractivity contribution in [2.75, 3.05) is 26.2 Å². The zero-order chi connectivity index (χ0) is 15.2. The minimum Gasteiger partial charge on any atom is -0.491 e. The summed E-state index contributed by atoms with van der Waals surface area (Å²) in [4.78, 5) is 13.8. The zero-order valence-corrected chi connectivity index (χ0v) is 12.7. The molecule has 1 heterocycles. The summed E-state index contributed by atoms with van der Waals surface area (Å²) in [6.45, 7) is 6.06. The number of aliphatic hydroxyl groups is 1. The Morgan fingerprint density at radius 3 is 2.95 bits per heavy atom. The van der Waals surface area contributed by atoms with Gasteiger partial charge in [-0.15, -0.1) is 0 Å². The van der Waals surface area contributed by atoms with Crippen LogP contribution in [0.1, 0.15) is 18.9 Å². The van der Waals surface area contributed by atoms with Gasteiger partial charge in [-0.1, -0.05) is 25.1 Å². The van der Waals surface area contributed by atoms with Crippen LogP contribution in [-0.2, 0) is 4.79 Å². The standard InChI is InChI=1S/C16H24N2O3/c1-3-14-16(20)17-8-9-18(14)10-13(19)11-21-15-7-5-4-6-12(15)2/h4-7,13-14,19H,3,8-11H2,1-2H3,(H,17,20). The van der Waals surface area contributed by atoms with Crippen molar-refractivity contribution in [3.63, 3.8) is 0 Å². The molecule has 2 rings (SSSR count). The van der Waals surface area contributed by atoms with Crippen LogP contribution in [0.2, 0.25) is 0 Å². The molecule has 2 unspecified atom stereocenters. The minimum atomic E-state index is -0.607. The summed E-state index contributed by atoms with van der Waals surface area (Å²) in [6, 6.07) is 7.59. The van der Waals surface area contributed by atoms with Gasteiger partial charge >= 0.3 is 0 Å². The van der Waals surface area contributed by atoms with Crippen molar-refractivity contribution < 1.29 is 14.6 Å². The van der Waals surface area contributed by atoms with Crippen LogP contribution in [-0.4, -0.2) is 54.3 Å². The Labute approximate surface area is 125 Å². The number of carbonyl (C=O) groups is 1. The number of carbonyl (C=O) groups excluding carboxylic acids is 1. The minimum absolute atomic E-state index is 0.0516. The number of rotatable bonds is 6. The highest BCUT2D eigenvalue weighted by Gasteiger charge is 2.29. The fraction of sp³-hybridized carbons (Fsp3) is 0.562. The first-order valence-electron chi connectivity index (χ1n) is 7.50. The molecule has 0 aromatic heterocycles. The molecule has 1 aliphatic rings. The SMILES string of the molecule is CCC1C(=O)NCCN1CC(O)COc1ccccc1C. The molecule has 1 aromatic carbocycles. The Bertz CT molecular complexity index is 478. The van der Waals surface area contributed by atoms with E-state index in [0.29, 0.717) is 13.1 Å². The van der Waals surface area contributed by atoms with Crippen LogP contribution in [0.25, 0.3) is 0 Å². The number of aliphatic hydroxyl groups excluding tert-OH is 1. The van der Waals surface area contributed by atoms with Gasteiger partial charge < -0.3 is 15.2 Å². The molecule has 2 N–H and O–H groups in total. The van der Waals surface area contributed by atoms with E-state index in [9.17, 15) is 9.90 Å². The summed E-state index contributed by atoms with van der Waals surface area (Å²) in [5.41, 5.74) is 1.05. The van der Waals surface area contributed by atoms with E-state index in [1.807, 2.05) is 43.0 Å². The van der Waals surface area contributed by atoms with Gasteiger partial charge in [0.05, 0.1) is 6.04 Å². The smallest absolute Gasteiger partial charge is 0.237 e. The van der Waals surface area contributed by atoms with Gasteiger partial charge in [-0.2, -0.15) is 0 Å². The summed E-state index contributed by atoms with van der Waals surface area (Å²) >= 11 is 0. The summed E-state index contributed by atoms with van der Waals surface area (Å²) in [7, 11) is 0. The number of amides is 1. The molecule has 1 saturated heterocycles. The first-order valence-corrected chi connectivity index (χ1v) is 7.50. The molecule has 0 saturated carbocycles. The van der Waals surface area contributed by atoms with Crippen LogP contribution in [0.5, 0.6) is 5.75 Å². The molecule has 1 aliphatic heterocycles. The number of β-amino-alcohol motifs (C(OH)–C–C–N with tert-alkyl or cyclic N) is 1. The van der Waals surface area contributed by atoms with E-state index in [4.69, 9.17) is 4.74 Å². The van der Waals surface area contributed by atoms with Crippen molar-refractivity contribution in [1.29, 1.82) is 0 Å². The maximum Gasteiger partial charge on any atom is 0.237 e. The average molecular weight is 292 g/mol. The van der Waals surface area contributed by atoms with Crippen LogP contribution >= 0.6 is 0 Å². The largest absolute Gasteiger partial charge is 0.491 e. The third-order valence-electron chi connectivity index (χ3n) is 3.80. The number of nitrogens with one attached hydrogen (secondary N) is 1. The highest BCUT2D eigenvalue weighted by atomic mass is 16.5. The number of nitrogens with zero attached hydrogens (tertiary/aromatic N) is 1. The topological polar surface area (TPSA) is 61.8 Å². The second-order valence-corrected chi connectivity index (χ2v) is 5.44. The molecule has 1 amide bonds. The van der Waals surface area contributed by atoms with Crippen LogP contribution in [0, 0.1) is 6.92 Å². The molecule has 5 heteroatoms. The van der Waals surface area contributed by atoms with Crippen LogP contribution in [0.4, 0.5) is 0 Å². The zero-order valence-electron chi connectivity index (χ0n) is 12.7. The maximum atomic E-state index is 11.8. The van der Waals surface area contributed by atoms with Crippen LogP contribution < -0.4 is 10.1 Å². The molecule has 0 spiro atoms. The van der Waals surface area contributed by atoms with Gasteiger partial charge in [0, 0.05) is 19.6 Å². The fourth-order valence-electron chi connectivity index (χ4n) is 2.65. The third-order valence-corrected chi connectivity index (χ3v) is 3.80. The van der Waals surface area contributed by atoms with Crippen molar-refractivity contribution in [2.45, 2.75) is 32.4 Å². The number of hydrogen-bond donors (Lipinski definition) is 2. The Morgan fingerprint density at radius 1 is 1.48 bits per heavy atom. The van der Waals surface area contributed by atoms with Crippen molar-refractivity contribution >= 4 is 5.91 Å². The maximum absolute atomic E-state index is 11.8. The molecular formula is C16H24N2O3. The number of para-hydroxylation sites is 1. The van der Waals surface area contributed by atoms with Gasteiger partial charge in [0.25, 0.3) is 0 Å². The van der Waals surface area contributed by atoms with Crippen molar-refractivity contribution in [3.8, 4) is 5.75 Å². The predicted molar refractivity (Wildman–Crippen MR) is 81.3 cm³/mol. The van der Waals surface area contributed by atoms with E-state index in [0.717, 1.165) is 24.3 Å². The molecule has 0 bridgehead atoms. The van der Waals surface area contributed by atoms with Crippen LogP contribution in [0.3, 0.4) is 0 Å². The van der Waals surface area contributed by atoms with Gasteiger partial charge in [-0.25, -0.2) is 0 Å². The van der Waals surface area contributed by atoms with Gasteiger partial charge in [0.15, 0.2) is 0 Å². The number of ether oxygens (including phenoxy) is 1. The van der Waals surface area contributed by atoms with E-state index in [1.54, 1.807) is 0 Å². The van der Waals surface area contributed by atoms with E-state index in [1.165, 1.54) is 0 Å². The summed E-state index contributed by atoms with van der Waals surface area (Å²) in [5, 5.41) is 13.0. The summed E-state index contributed by atoms with van der Waals surface area (Å²) in [6.07, 6.45) is 0.140. The Hall–Kier alpha value is -1.59. The lowest BCUT2D eigenvalue weighted by Crippen LogP contribution is -2.56. The first-order chi connectivity index (χ1) is 10.1. The van der Waals surface area contributed by atoms with Gasteiger partial charge in [0.2, 0.25) is 5.91 Å². The van der Waals surface area contributed by atoms with Crippen molar-refractivity contribution in [1.82, 2.24) is 10.2 Å². The Morgan fingerprint density at radius 2 is 2.24 bits per heavy atom. The molecular weight excluding hydrogens is 268 g/mol. The van der Waals surface area contributed by atoms with Crippen molar-refractivity contribution in [3.05, 3.63) is 29.8 Å². The highest BCUT2D eigenvalue weighted by Crippen LogP contribution is 2.16. The molecule has 21 heavy (non-hydrogen) atoms. The van der Waals surface area contributed by atoms with E-state index in [2.05, 4.69) is 5.32 Å². The van der Waals surface area contributed by atoms with Gasteiger partial charge in [-0.05, 0) is 25.0 Å².